The summed E-state index contributed by atoms with van der Waals surface area (Å²) in [6.45, 7) is 8.25. The number of fused-ring (bicyclic) bond motifs is 1. The number of pyridine rings is 2. The highest BCUT2D eigenvalue weighted by molar-refractivity contribution is 5.93. The maximum absolute atomic E-state index is 14.7. The third kappa shape index (κ3) is 3.53. The molecule has 2 aromatic heterocycles. The van der Waals surface area contributed by atoms with Crippen LogP contribution in [0.1, 0.15) is 44.5 Å². The van der Waals surface area contributed by atoms with Crippen LogP contribution in [-0.4, -0.2) is 46.4 Å². The van der Waals surface area contributed by atoms with Crippen LogP contribution in [0.4, 0.5) is 10.2 Å². The summed E-state index contributed by atoms with van der Waals surface area (Å²) in [7, 11) is 0. The number of hydrogen-bond donors (Lipinski definition) is 1. The molecule has 0 radical (unpaired) electrons. The smallest absolute Gasteiger partial charge is 0.343 e. The average Bonchev–Trinajstić information content (AvgIpc) is 3.00. The van der Waals surface area contributed by atoms with E-state index in [1.54, 1.807) is 16.4 Å². The van der Waals surface area contributed by atoms with Crippen LogP contribution in [-0.2, 0) is 10.3 Å². The molecule has 0 amide bonds. The van der Waals surface area contributed by atoms with Crippen LogP contribution in [0.25, 0.3) is 11.0 Å². The molecule has 1 saturated heterocycles. The van der Waals surface area contributed by atoms with E-state index in [0.29, 0.717) is 18.6 Å². The Morgan fingerprint density at radius 2 is 2.15 bits per heavy atom. The molecule has 1 atom stereocenters. The van der Waals surface area contributed by atoms with E-state index in [1.165, 1.54) is 6.20 Å². The van der Waals surface area contributed by atoms with Gasteiger partial charge in [0.15, 0.2) is 11.6 Å². The number of carbonyl (C=O) groups is 1. The Morgan fingerprint density at radius 3 is 2.70 bits per heavy atom. The Kier molecular flexibility index (Phi) is 4.94. The van der Waals surface area contributed by atoms with Crippen molar-refractivity contribution in [2.45, 2.75) is 45.8 Å². The van der Waals surface area contributed by atoms with Crippen LogP contribution in [0.3, 0.4) is 0 Å². The van der Waals surface area contributed by atoms with E-state index < -0.39 is 28.9 Å². The van der Waals surface area contributed by atoms with Crippen molar-refractivity contribution in [3.8, 4) is 0 Å². The zero-order valence-corrected chi connectivity index (χ0v) is 16.0. The Hall–Kier alpha value is -2.48. The monoisotopic (exact) mass is 377 g/mol. The second kappa shape index (κ2) is 6.92. The first-order chi connectivity index (χ1) is 12.6. The van der Waals surface area contributed by atoms with Gasteiger partial charge in [0.2, 0.25) is 5.43 Å². The summed E-state index contributed by atoms with van der Waals surface area (Å²) < 4.78 is 21.4. The highest BCUT2D eigenvalue weighted by Crippen LogP contribution is 2.27. The molecule has 7 nitrogen and oxygen atoms in total. The topological polar surface area (TPSA) is 84.7 Å². The van der Waals surface area contributed by atoms with Crippen molar-refractivity contribution in [1.29, 1.82) is 0 Å². The van der Waals surface area contributed by atoms with Gasteiger partial charge in [-0.1, -0.05) is 0 Å². The number of ether oxygens (including phenoxy) is 1. The van der Waals surface area contributed by atoms with Crippen LogP contribution in [0.15, 0.2) is 17.1 Å². The zero-order valence-electron chi connectivity index (χ0n) is 16.0. The van der Waals surface area contributed by atoms with Gasteiger partial charge in [0.25, 0.3) is 0 Å². The normalized spacial score (nSPS) is 17.6. The fourth-order valence-corrected chi connectivity index (χ4v) is 3.24. The number of aromatic nitrogens is 2. The largest absolute Gasteiger partial charge is 0.462 e. The second-order valence-corrected chi connectivity index (χ2v) is 7.69. The number of halogens is 1. The summed E-state index contributed by atoms with van der Waals surface area (Å²) in [6.07, 6.45) is 1.43. The van der Waals surface area contributed by atoms with Gasteiger partial charge in [-0.05, 0) is 40.2 Å². The van der Waals surface area contributed by atoms with Gasteiger partial charge in [-0.25, -0.2) is 14.2 Å². The Morgan fingerprint density at radius 1 is 1.44 bits per heavy atom. The lowest BCUT2D eigenvalue weighted by atomic mass is 10.1. The minimum Gasteiger partial charge on any atom is -0.462 e. The van der Waals surface area contributed by atoms with Crippen molar-refractivity contribution in [2.24, 2.45) is 0 Å². The van der Waals surface area contributed by atoms with E-state index in [0.717, 1.165) is 6.07 Å². The third-order valence-corrected chi connectivity index (χ3v) is 4.59. The molecule has 27 heavy (non-hydrogen) atoms. The number of aliphatic hydroxyl groups is 1. The molecule has 0 spiro atoms. The predicted octanol–water partition coefficient (Wildman–Crippen LogP) is 2.04. The predicted molar refractivity (Wildman–Crippen MR) is 99.8 cm³/mol. The first-order valence-electron chi connectivity index (χ1n) is 9.00. The van der Waals surface area contributed by atoms with E-state index in [-0.39, 0.29) is 29.9 Å². The van der Waals surface area contributed by atoms with Crippen LogP contribution < -0.4 is 10.3 Å². The molecule has 0 aromatic carbocycles. The molecule has 2 aromatic rings. The van der Waals surface area contributed by atoms with Crippen molar-refractivity contribution in [2.75, 3.05) is 24.6 Å². The Labute approximate surface area is 156 Å². The summed E-state index contributed by atoms with van der Waals surface area (Å²) >= 11 is 0. The summed E-state index contributed by atoms with van der Waals surface area (Å²) in [6, 6.07) is 1.12. The maximum Gasteiger partial charge on any atom is 0.343 e. The van der Waals surface area contributed by atoms with E-state index in [1.807, 2.05) is 20.8 Å². The molecule has 1 fully saturated rings. The van der Waals surface area contributed by atoms with Crippen LogP contribution in [0, 0.1) is 5.82 Å². The maximum atomic E-state index is 14.7. The number of esters is 1. The fourth-order valence-electron chi connectivity index (χ4n) is 3.24. The van der Waals surface area contributed by atoms with Gasteiger partial charge in [-0.2, -0.15) is 0 Å². The molecule has 3 heterocycles. The highest BCUT2D eigenvalue weighted by Gasteiger charge is 2.28. The van der Waals surface area contributed by atoms with Crippen LogP contribution in [0.2, 0.25) is 0 Å². The Balaban J connectivity index is 2.28. The standard InChI is InChI=1S/C19H24FN3O4/c1-5-27-18(26)13-10-23(19(2,3)4)16-12(15(13)25)8-14(20)17(21-16)22-7-6-11(24)9-22/h8,10-11,24H,5-7,9H2,1-4H3. The van der Waals surface area contributed by atoms with E-state index >= 15 is 0 Å². The van der Waals surface area contributed by atoms with Gasteiger partial charge >= 0.3 is 5.97 Å². The van der Waals surface area contributed by atoms with Crippen LogP contribution >= 0.6 is 0 Å². The molecule has 8 heteroatoms. The van der Waals surface area contributed by atoms with Gasteiger partial charge in [0.05, 0.1) is 18.1 Å². The van der Waals surface area contributed by atoms with E-state index in [9.17, 15) is 19.1 Å². The molecule has 1 aliphatic rings. The van der Waals surface area contributed by atoms with Crippen molar-refractivity contribution < 1.29 is 19.0 Å². The lowest BCUT2D eigenvalue weighted by molar-refractivity contribution is 0.0524. The summed E-state index contributed by atoms with van der Waals surface area (Å²) in [5.41, 5.74) is -0.980. The number of carbonyl (C=O) groups excluding carboxylic acids is 1. The molecule has 3 rings (SSSR count). The molecular formula is C19H24FN3O4. The molecule has 1 aliphatic heterocycles. The number of nitrogens with zero attached hydrogens (tertiary/aromatic N) is 3. The molecule has 0 bridgehead atoms. The van der Waals surface area contributed by atoms with Gasteiger partial charge < -0.3 is 19.3 Å². The van der Waals surface area contributed by atoms with Crippen molar-refractivity contribution in [3.63, 3.8) is 0 Å². The van der Waals surface area contributed by atoms with Crippen molar-refractivity contribution >= 4 is 22.8 Å². The lowest BCUT2D eigenvalue weighted by Crippen LogP contribution is -2.30. The first kappa shape index (κ1) is 19.3. The molecule has 146 valence electrons. The minimum absolute atomic E-state index is 0.0245. The quantitative estimate of drug-likeness (QED) is 0.824. The number of rotatable bonds is 3. The van der Waals surface area contributed by atoms with Crippen molar-refractivity contribution in [1.82, 2.24) is 9.55 Å². The molecule has 1 N–H and O–H groups in total. The van der Waals surface area contributed by atoms with Gasteiger partial charge in [-0.15, -0.1) is 0 Å². The lowest BCUT2D eigenvalue weighted by Gasteiger charge is -2.27. The molecule has 0 saturated carbocycles. The van der Waals surface area contributed by atoms with Gasteiger partial charge in [-0.3, -0.25) is 4.79 Å². The number of anilines is 1. The number of β-amino-alcohol motifs (C(OH)–C–C–N with tert-alkyl or cyclic N) is 1. The SMILES string of the molecule is CCOC(=O)c1cn(C(C)(C)C)c2nc(N3CCC(O)C3)c(F)cc2c1=O. The van der Waals surface area contributed by atoms with Gasteiger partial charge in [0, 0.05) is 24.8 Å². The molecule has 1 unspecified atom stereocenters. The Bertz CT molecular complexity index is 949. The second-order valence-electron chi connectivity index (χ2n) is 7.69. The summed E-state index contributed by atoms with van der Waals surface area (Å²) in [5, 5.41) is 9.77. The van der Waals surface area contributed by atoms with Crippen molar-refractivity contribution in [3.05, 3.63) is 33.9 Å². The number of hydrogen-bond acceptors (Lipinski definition) is 6. The van der Waals surface area contributed by atoms with Gasteiger partial charge in [0.1, 0.15) is 11.2 Å². The average molecular weight is 377 g/mol. The molecular weight excluding hydrogens is 353 g/mol. The first-order valence-corrected chi connectivity index (χ1v) is 9.00. The van der Waals surface area contributed by atoms with E-state index in [2.05, 4.69) is 4.98 Å². The number of aliphatic hydroxyl groups excluding tert-OH is 1. The third-order valence-electron chi connectivity index (χ3n) is 4.59. The highest BCUT2D eigenvalue weighted by atomic mass is 19.1. The molecule has 0 aliphatic carbocycles. The summed E-state index contributed by atoms with van der Waals surface area (Å²) in [5.74, 6) is -1.30. The van der Waals surface area contributed by atoms with E-state index in [4.69, 9.17) is 4.74 Å². The summed E-state index contributed by atoms with van der Waals surface area (Å²) in [4.78, 5) is 31.1. The minimum atomic E-state index is -0.741. The zero-order chi connectivity index (χ0) is 19.9. The van der Waals surface area contributed by atoms with Crippen LogP contribution in [0.5, 0.6) is 0 Å². The fraction of sp³-hybridized carbons (Fsp3) is 0.526.